The van der Waals surface area contributed by atoms with Gasteiger partial charge in [-0.15, -0.1) is 0 Å². The molecule has 0 spiro atoms. The average molecular weight is 352 g/mol. The van der Waals surface area contributed by atoms with Crippen LogP contribution in [0.2, 0.25) is 0 Å². The van der Waals surface area contributed by atoms with Crippen molar-refractivity contribution < 1.29 is 9.59 Å². The molecule has 0 saturated carbocycles. The number of anilines is 1. The predicted molar refractivity (Wildman–Crippen MR) is 100.0 cm³/mol. The molecule has 0 radical (unpaired) electrons. The number of nitrogens with zero attached hydrogens (tertiary/aromatic N) is 3. The molecule has 0 aliphatic carbocycles. The van der Waals surface area contributed by atoms with E-state index in [-0.39, 0.29) is 23.3 Å². The lowest BCUT2D eigenvalue weighted by Crippen LogP contribution is -2.42. The van der Waals surface area contributed by atoms with Crippen molar-refractivity contribution >= 4 is 23.6 Å². The lowest BCUT2D eigenvalue weighted by molar-refractivity contribution is -0.131. The highest BCUT2D eigenvalue weighted by Gasteiger charge is 2.27. The Bertz CT molecular complexity index is 734. The summed E-state index contributed by atoms with van der Waals surface area (Å²) in [7, 11) is 0. The van der Waals surface area contributed by atoms with Gasteiger partial charge in [-0.25, -0.2) is 0 Å². The van der Waals surface area contributed by atoms with Crippen molar-refractivity contribution in [2.45, 2.75) is 25.7 Å². The molecule has 2 heterocycles. The third-order valence-electron chi connectivity index (χ3n) is 5.21. The maximum Gasteiger partial charge on any atom is 0.264 e. The van der Waals surface area contributed by atoms with Gasteiger partial charge < -0.3 is 15.5 Å². The Morgan fingerprint density at radius 1 is 1.08 bits per heavy atom. The van der Waals surface area contributed by atoms with Crippen LogP contribution in [0.1, 0.15) is 31.2 Å². The van der Waals surface area contributed by atoms with Crippen LogP contribution in [0.5, 0.6) is 0 Å². The maximum atomic E-state index is 12.6. The molecular weight excluding hydrogens is 328 g/mol. The minimum Gasteiger partial charge on any atom is -0.372 e. The van der Waals surface area contributed by atoms with E-state index in [2.05, 4.69) is 4.90 Å². The van der Waals surface area contributed by atoms with Crippen LogP contribution in [-0.4, -0.2) is 42.9 Å². The van der Waals surface area contributed by atoms with Gasteiger partial charge in [0.2, 0.25) is 5.91 Å². The standard InChI is InChI=1S/C20H24N4O2/c21-14-17(20(26)24-11-7-16(8-12-24)19(22)25)13-15-3-5-18(6-4-15)23-9-1-2-10-23/h3-6,13,16H,1-2,7-12H2,(H2,22,25)/b17-13+. The van der Waals surface area contributed by atoms with Crippen molar-refractivity contribution in [3.05, 3.63) is 35.4 Å². The SMILES string of the molecule is N#C/C(=C\c1ccc(N2CCCC2)cc1)C(=O)N1CCC(C(N)=O)CC1. The normalized spacial score (nSPS) is 18.7. The van der Waals surface area contributed by atoms with E-state index in [1.807, 2.05) is 30.3 Å². The van der Waals surface area contributed by atoms with Gasteiger partial charge >= 0.3 is 0 Å². The second kappa shape index (κ2) is 8.05. The molecule has 0 atom stereocenters. The van der Waals surface area contributed by atoms with Crippen LogP contribution in [-0.2, 0) is 9.59 Å². The first-order chi connectivity index (χ1) is 12.6. The van der Waals surface area contributed by atoms with E-state index in [1.54, 1.807) is 11.0 Å². The summed E-state index contributed by atoms with van der Waals surface area (Å²) in [6.07, 6.45) is 5.20. The first kappa shape index (κ1) is 18.0. The molecule has 2 aliphatic heterocycles. The summed E-state index contributed by atoms with van der Waals surface area (Å²) in [5, 5.41) is 9.41. The number of hydrogen-bond acceptors (Lipinski definition) is 4. The maximum absolute atomic E-state index is 12.6. The molecule has 1 aromatic carbocycles. The average Bonchev–Trinajstić information content (AvgIpc) is 3.21. The first-order valence-electron chi connectivity index (χ1n) is 9.14. The Morgan fingerprint density at radius 3 is 2.23 bits per heavy atom. The molecule has 3 rings (SSSR count). The molecule has 2 N–H and O–H groups in total. The number of benzene rings is 1. The van der Waals surface area contributed by atoms with Gasteiger partial charge in [0.05, 0.1) is 0 Å². The van der Waals surface area contributed by atoms with Crippen LogP contribution in [0.15, 0.2) is 29.8 Å². The second-order valence-corrected chi connectivity index (χ2v) is 6.92. The zero-order valence-electron chi connectivity index (χ0n) is 14.9. The van der Waals surface area contributed by atoms with Crippen LogP contribution in [0.25, 0.3) is 6.08 Å². The van der Waals surface area contributed by atoms with Gasteiger partial charge in [0.1, 0.15) is 11.6 Å². The lowest BCUT2D eigenvalue weighted by Gasteiger charge is -2.30. The minimum atomic E-state index is -0.314. The van der Waals surface area contributed by atoms with E-state index in [9.17, 15) is 14.9 Å². The summed E-state index contributed by atoms with van der Waals surface area (Å²) < 4.78 is 0. The third kappa shape index (κ3) is 4.05. The molecule has 2 amide bonds. The number of nitrogens with two attached hydrogens (primary N) is 1. The minimum absolute atomic E-state index is 0.122. The lowest BCUT2D eigenvalue weighted by atomic mass is 9.96. The number of nitriles is 1. The van der Waals surface area contributed by atoms with Crippen molar-refractivity contribution in [3.8, 4) is 6.07 Å². The van der Waals surface area contributed by atoms with E-state index < -0.39 is 0 Å². The van der Waals surface area contributed by atoms with E-state index in [1.165, 1.54) is 18.5 Å². The Morgan fingerprint density at radius 2 is 1.69 bits per heavy atom. The van der Waals surface area contributed by atoms with Crippen molar-refractivity contribution in [1.82, 2.24) is 4.90 Å². The topological polar surface area (TPSA) is 90.4 Å². The fourth-order valence-electron chi connectivity index (χ4n) is 3.60. The van der Waals surface area contributed by atoms with Crippen LogP contribution >= 0.6 is 0 Å². The zero-order valence-corrected chi connectivity index (χ0v) is 14.9. The first-order valence-corrected chi connectivity index (χ1v) is 9.14. The highest BCUT2D eigenvalue weighted by molar-refractivity contribution is 6.01. The summed E-state index contributed by atoms with van der Waals surface area (Å²) in [5.74, 6) is -0.767. The number of likely N-dealkylation sites (tertiary alicyclic amines) is 1. The zero-order chi connectivity index (χ0) is 18.5. The number of carbonyl (C=O) groups is 2. The molecule has 136 valence electrons. The van der Waals surface area contributed by atoms with E-state index in [0.29, 0.717) is 25.9 Å². The molecule has 2 saturated heterocycles. The Kier molecular flexibility index (Phi) is 5.57. The summed E-state index contributed by atoms with van der Waals surface area (Å²) in [6.45, 7) is 3.08. The Hall–Kier alpha value is -2.81. The predicted octanol–water partition coefficient (Wildman–Crippen LogP) is 1.92. The number of hydrogen-bond donors (Lipinski definition) is 1. The van der Waals surface area contributed by atoms with Crippen molar-refractivity contribution in [2.75, 3.05) is 31.1 Å². The molecule has 6 heteroatoms. The van der Waals surface area contributed by atoms with Gasteiger partial charge in [0, 0.05) is 37.8 Å². The van der Waals surface area contributed by atoms with Crippen molar-refractivity contribution in [1.29, 1.82) is 5.26 Å². The van der Waals surface area contributed by atoms with E-state index in [4.69, 9.17) is 5.73 Å². The molecular formula is C20H24N4O2. The number of carbonyl (C=O) groups excluding carboxylic acids is 2. The van der Waals surface area contributed by atoms with Crippen LogP contribution in [0.4, 0.5) is 5.69 Å². The molecule has 2 fully saturated rings. The Labute approximate surface area is 153 Å². The summed E-state index contributed by atoms with van der Waals surface area (Å²) in [5.41, 5.74) is 7.46. The number of piperidine rings is 1. The van der Waals surface area contributed by atoms with Gasteiger partial charge in [-0.1, -0.05) is 12.1 Å². The number of amides is 2. The highest BCUT2D eigenvalue weighted by Crippen LogP contribution is 2.22. The largest absolute Gasteiger partial charge is 0.372 e. The van der Waals surface area contributed by atoms with Crippen LogP contribution < -0.4 is 10.6 Å². The quantitative estimate of drug-likeness (QED) is 0.662. The van der Waals surface area contributed by atoms with Crippen LogP contribution in [0.3, 0.4) is 0 Å². The molecule has 0 unspecified atom stereocenters. The fraction of sp³-hybridized carbons (Fsp3) is 0.450. The fourth-order valence-corrected chi connectivity index (χ4v) is 3.60. The molecule has 6 nitrogen and oxygen atoms in total. The second-order valence-electron chi connectivity index (χ2n) is 6.92. The van der Waals surface area contributed by atoms with Crippen molar-refractivity contribution in [2.24, 2.45) is 11.7 Å². The number of rotatable bonds is 4. The third-order valence-corrected chi connectivity index (χ3v) is 5.21. The van der Waals surface area contributed by atoms with Crippen LogP contribution in [0, 0.1) is 17.2 Å². The molecule has 2 aliphatic rings. The Balaban J connectivity index is 1.67. The molecule has 0 aromatic heterocycles. The molecule has 26 heavy (non-hydrogen) atoms. The summed E-state index contributed by atoms with van der Waals surface area (Å²) in [4.78, 5) is 27.8. The molecule has 1 aromatic rings. The number of primary amides is 1. The van der Waals surface area contributed by atoms with Gasteiger partial charge in [-0.3, -0.25) is 9.59 Å². The summed E-state index contributed by atoms with van der Waals surface area (Å²) in [6, 6.07) is 9.98. The van der Waals surface area contributed by atoms with Gasteiger partial charge in [0.25, 0.3) is 5.91 Å². The monoisotopic (exact) mass is 352 g/mol. The van der Waals surface area contributed by atoms with Gasteiger partial charge in [0.15, 0.2) is 0 Å². The van der Waals surface area contributed by atoms with E-state index in [0.717, 1.165) is 18.7 Å². The molecule has 0 bridgehead atoms. The van der Waals surface area contributed by atoms with Gasteiger partial charge in [-0.2, -0.15) is 5.26 Å². The van der Waals surface area contributed by atoms with Gasteiger partial charge in [-0.05, 0) is 49.5 Å². The highest BCUT2D eigenvalue weighted by atomic mass is 16.2. The van der Waals surface area contributed by atoms with Crippen molar-refractivity contribution in [3.63, 3.8) is 0 Å². The van der Waals surface area contributed by atoms with E-state index >= 15 is 0 Å². The smallest absolute Gasteiger partial charge is 0.264 e. The summed E-state index contributed by atoms with van der Waals surface area (Å²) >= 11 is 0.